The van der Waals surface area contributed by atoms with E-state index >= 15 is 0 Å². The quantitative estimate of drug-likeness (QED) is 0.400. The van der Waals surface area contributed by atoms with Gasteiger partial charge in [0.25, 0.3) is 0 Å². The summed E-state index contributed by atoms with van der Waals surface area (Å²) in [6.45, 7) is 4.78. The molecule has 0 spiro atoms. The second kappa shape index (κ2) is 9.20. The fraction of sp³-hybridized carbons (Fsp3) is 0.300. The number of tetrazole rings is 2. The fourth-order valence-corrected chi connectivity index (χ4v) is 4.11. The minimum atomic E-state index is 0.586. The number of piperazine rings is 1. The molecule has 1 fully saturated rings. The first-order valence-corrected chi connectivity index (χ1v) is 11.1. The van der Waals surface area contributed by atoms with E-state index < -0.39 is 0 Å². The third kappa shape index (κ3) is 4.30. The Morgan fingerprint density at radius 2 is 0.938 bits per heavy atom. The number of hydrogen-bond acceptors (Lipinski definition) is 8. The van der Waals surface area contributed by atoms with Crippen molar-refractivity contribution in [2.75, 3.05) is 26.2 Å². The Labute approximate surface area is 194 Å². The number of hydrogen-bond donors (Lipinski definition) is 0. The summed E-state index contributed by atoms with van der Waals surface area (Å²) in [7, 11) is 0. The predicted octanol–water partition coefficient (Wildman–Crippen LogP) is 2.14. The summed E-state index contributed by atoms with van der Waals surface area (Å²) in [6, 6.07) is 19.6. The van der Waals surface area contributed by atoms with Gasteiger partial charge in [0.15, 0.2) is 0 Å². The largest absolute Gasteiger partial charge is 0.282 e. The van der Waals surface area contributed by atoms with Crippen LogP contribution >= 0.6 is 24.4 Å². The first-order valence-electron chi connectivity index (χ1n) is 10.3. The van der Waals surface area contributed by atoms with E-state index in [1.54, 1.807) is 18.7 Å². The Hall–Kier alpha value is -3.06. The van der Waals surface area contributed by atoms with Crippen LogP contribution in [0.4, 0.5) is 0 Å². The summed E-state index contributed by atoms with van der Waals surface area (Å²) in [5, 5.41) is 16.9. The zero-order valence-corrected chi connectivity index (χ0v) is 18.9. The molecule has 0 atom stereocenters. The number of para-hydroxylation sites is 2. The summed E-state index contributed by atoms with van der Waals surface area (Å²) in [5.41, 5.74) is 1.82. The summed E-state index contributed by atoms with van der Waals surface area (Å²) in [4.78, 5) is 4.63. The van der Waals surface area contributed by atoms with Crippen LogP contribution in [0.3, 0.4) is 0 Å². The van der Waals surface area contributed by atoms with Gasteiger partial charge in [0.1, 0.15) is 0 Å². The summed E-state index contributed by atoms with van der Waals surface area (Å²) >= 11 is 11.1. The Morgan fingerprint density at radius 1 is 0.562 bits per heavy atom. The highest BCUT2D eigenvalue weighted by atomic mass is 32.1. The van der Waals surface area contributed by atoms with Crippen molar-refractivity contribution >= 4 is 24.4 Å². The van der Waals surface area contributed by atoms with E-state index in [0.29, 0.717) is 22.9 Å². The normalized spacial score (nSPS) is 15.2. The minimum Gasteiger partial charge on any atom is -0.282 e. The highest BCUT2D eigenvalue weighted by Gasteiger charge is 2.19. The molecule has 2 aromatic heterocycles. The standard InChI is InChI=1S/C20H22N10S2/c31-19-27(21-23-29(19)17-7-3-1-4-8-17)15-25-11-13-26(14-12-25)16-28-20(32)30(24-22-28)18-9-5-2-6-10-18/h1-10H,11-16H2. The monoisotopic (exact) mass is 466 g/mol. The maximum Gasteiger partial charge on any atom is 0.221 e. The molecule has 164 valence electrons. The van der Waals surface area contributed by atoms with Crippen LogP contribution < -0.4 is 0 Å². The molecular formula is C20H22N10S2. The van der Waals surface area contributed by atoms with Crippen molar-refractivity contribution in [3.05, 3.63) is 70.2 Å². The lowest BCUT2D eigenvalue weighted by molar-refractivity contribution is 0.0785. The third-order valence-corrected chi connectivity index (χ3v) is 6.18. The van der Waals surface area contributed by atoms with Gasteiger partial charge in [0.05, 0.1) is 24.7 Å². The van der Waals surface area contributed by atoms with Crippen LogP contribution in [0.5, 0.6) is 0 Å². The maximum atomic E-state index is 5.57. The van der Waals surface area contributed by atoms with Crippen molar-refractivity contribution in [3.63, 3.8) is 0 Å². The van der Waals surface area contributed by atoms with Crippen molar-refractivity contribution in [3.8, 4) is 11.4 Å². The molecule has 10 nitrogen and oxygen atoms in total. The molecule has 0 aliphatic carbocycles. The van der Waals surface area contributed by atoms with Crippen LogP contribution in [-0.4, -0.2) is 75.6 Å². The molecule has 1 aliphatic heterocycles. The van der Waals surface area contributed by atoms with Crippen molar-refractivity contribution in [1.82, 2.24) is 49.4 Å². The molecule has 3 heterocycles. The molecule has 0 amide bonds. The van der Waals surface area contributed by atoms with Crippen LogP contribution in [0.15, 0.2) is 60.7 Å². The molecule has 1 aliphatic rings. The van der Waals surface area contributed by atoms with E-state index in [-0.39, 0.29) is 0 Å². The van der Waals surface area contributed by atoms with Crippen LogP contribution in [0, 0.1) is 9.54 Å². The molecule has 0 unspecified atom stereocenters. The van der Waals surface area contributed by atoms with E-state index in [1.807, 2.05) is 60.7 Å². The van der Waals surface area contributed by atoms with Gasteiger partial charge in [-0.3, -0.25) is 9.80 Å². The van der Waals surface area contributed by atoms with Gasteiger partial charge in [-0.2, -0.15) is 9.36 Å². The molecule has 0 N–H and O–H groups in total. The van der Waals surface area contributed by atoms with Gasteiger partial charge in [0.2, 0.25) is 9.54 Å². The van der Waals surface area contributed by atoms with Crippen molar-refractivity contribution < 1.29 is 0 Å². The highest BCUT2D eigenvalue weighted by molar-refractivity contribution is 7.71. The van der Waals surface area contributed by atoms with Crippen LogP contribution in [-0.2, 0) is 13.3 Å². The molecule has 1 saturated heterocycles. The van der Waals surface area contributed by atoms with Crippen molar-refractivity contribution in [2.24, 2.45) is 0 Å². The fourth-order valence-electron chi connectivity index (χ4n) is 3.64. The molecule has 32 heavy (non-hydrogen) atoms. The van der Waals surface area contributed by atoms with Crippen molar-refractivity contribution in [2.45, 2.75) is 13.3 Å². The maximum absolute atomic E-state index is 5.57. The summed E-state index contributed by atoms with van der Waals surface area (Å²) in [5.74, 6) is 0. The predicted molar refractivity (Wildman–Crippen MR) is 124 cm³/mol. The number of aromatic nitrogens is 8. The highest BCUT2D eigenvalue weighted by Crippen LogP contribution is 2.10. The van der Waals surface area contributed by atoms with Gasteiger partial charge in [-0.25, -0.2) is 9.36 Å². The van der Waals surface area contributed by atoms with Gasteiger partial charge in [-0.15, -0.1) is 0 Å². The Morgan fingerprint density at radius 3 is 1.31 bits per heavy atom. The smallest absolute Gasteiger partial charge is 0.221 e. The van der Waals surface area contributed by atoms with Gasteiger partial charge >= 0.3 is 0 Å². The van der Waals surface area contributed by atoms with E-state index in [2.05, 4.69) is 30.7 Å². The number of rotatable bonds is 6. The lowest BCUT2D eigenvalue weighted by atomic mass is 10.3. The molecule has 0 radical (unpaired) electrons. The second-order valence-electron chi connectivity index (χ2n) is 7.54. The Balaban J connectivity index is 1.19. The first kappa shape index (κ1) is 20.8. The molecule has 0 saturated carbocycles. The molecule has 2 aromatic carbocycles. The summed E-state index contributed by atoms with van der Waals surface area (Å²) < 4.78 is 8.07. The van der Waals surface area contributed by atoms with E-state index in [0.717, 1.165) is 37.6 Å². The summed E-state index contributed by atoms with van der Waals surface area (Å²) in [6.07, 6.45) is 0. The van der Waals surface area contributed by atoms with E-state index in [1.165, 1.54) is 0 Å². The Bertz CT molecular complexity index is 1180. The number of benzene rings is 2. The topological polar surface area (TPSA) is 77.8 Å². The SMILES string of the molecule is S=c1n(CN2CCN(Cn3nnn(-c4ccccc4)c3=S)CC2)nnn1-c1ccccc1. The van der Waals surface area contributed by atoms with Gasteiger partial charge in [0, 0.05) is 26.2 Å². The van der Waals surface area contributed by atoms with E-state index in [4.69, 9.17) is 24.4 Å². The van der Waals surface area contributed by atoms with Crippen LogP contribution in [0.25, 0.3) is 11.4 Å². The minimum absolute atomic E-state index is 0.586. The third-order valence-electron chi connectivity index (χ3n) is 5.41. The van der Waals surface area contributed by atoms with Gasteiger partial charge in [-0.05, 0) is 69.6 Å². The Kier molecular flexibility index (Phi) is 5.99. The second-order valence-corrected chi connectivity index (χ2v) is 8.27. The zero-order chi connectivity index (χ0) is 21.9. The van der Waals surface area contributed by atoms with Gasteiger partial charge < -0.3 is 0 Å². The van der Waals surface area contributed by atoms with Crippen LogP contribution in [0.1, 0.15) is 0 Å². The average molecular weight is 467 g/mol. The molecule has 5 rings (SSSR count). The first-order chi connectivity index (χ1) is 15.7. The lowest BCUT2D eigenvalue weighted by Crippen LogP contribution is -2.47. The van der Waals surface area contributed by atoms with Crippen LogP contribution in [0.2, 0.25) is 0 Å². The van der Waals surface area contributed by atoms with Gasteiger partial charge in [-0.1, -0.05) is 36.4 Å². The zero-order valence-electron chi connectivity index (χ0n) is 17.3. The molecule has 4 aromatic rings. The molecule has 0 bridgehead atoms. The number of nitrogens with zero attached hydrogens (tertiary/aromatic N) is 10. The van der Waals surface area contributed by atoms with Crippen molar-refractivity contribution in [1.29, 1.82) is 0 Å². The molecular weight excluding hydrogens is 444 g/mol. The molecule has 12 heteroatoms. The van der Waals surface area contributed by atoms with E-state index in [9.17, 15) is 0 Å². The average Bonchev–Trinajstić information content (AvgIpc) is 3.38. The lowest BCUT2D eigenvalue weighted by Gasteiger charge is -2.33.